The van der Waals surface area contributed by atoms with E-state index in [1.54, 1.807) is 54.6 Å². The number of benzene rings is 5. The monoisotopic (exact) mass is 551 g/mol. The number of hydrogen-bond acceptors (Lipinski definition) is 5. The standard InChI is InChI=1S/C34H22N4O4/c39-31(21-7-5-9-23(19-21)33-37-27-11-1-3-13-29(27)41-33)35-25-15-17-26(18-16-25)36-32(40)22-8-6-10-24(20-22)34-38-28-12-2-4-14-30(28)42-34/h1-20H,(H,35,39)(H,36,40)/p+1. The molecule has 202 valence electrons. The quantitative estimate of drug-likeness (QED) is 0.227. The Hall–Kier alpha value is -6.02. The number of nitrogens with zero attached hydrogens (tertiary/aromatic N) is 1. The SMILES string of the molecule is O=C(Nc1ccc(NC(=O)c2cccc(-c3[nH+]c4ccccc4o3)c2)cc1)c1cccc(-c2nc3ccccc3o2)c1. The molecule has 0 saturated heterocycles. The molecule has 2 heterocycles. The first kappa shape index (κ1) is 25.0. The summed E-state index contributed by atoms with van der Waals surface area (Å²) in [6.07, 6.45) is 0. The topological polar surface area (TPSA) is 112 Å². The third kappa shape index (κ3) is 5.00. The van der Waals surface area contributed by atoms with Crippen LogP contribution in [0.15, 0.2) is 130 Å². The van der Waals surface area contributed by atoms with Gasteiger partial charge in [0.2, 0.25) is 17.0 Å². The number of anilines is 2. The summed E-state index contributed by atoms with van der Waals surface area (Å²) >= 11 is 0. The van der Waals surface area contributed by atoms with E-state index in [1.165, 1.54) is 0 Å². The number of carbonyl (C=O) groups is 2. The van der Waals surface area contributed by atoms with Crippen molar-refractivity contribution in [3.8, 4) is 22.9 Å². The number of hydrogen-bond donors (Lipinski definition) is 2. The molecule has 0 spiro atoms. The number of rotatable bonds is 6. The molecule has 3 N–H and O–H groups in total. The molecule has 8 nitrogen and oxygen atoms in total. The molecule has 7 aromatic rings. The van der Waals surface area contributed by atoms with Crippen LogP contribution in [0.4, 0.5) is 11.4 Å². The van der Waals surface area contributed by atoms with Crippen LogP contribution in [0.25, 0.3) is 45.1 Å². The minimum absolute atomic E-state index is 0.263. The van der Waals surface area contributed by atoms with Crippen LogP contribution in [0, 0.1) is 0 Å². The summed E-state index contributed by atoms with van der Waals surface area (Å²) in [6.45, 7) is 0. The molecule has 0 aliphatic heterocycles. The second-order valence-electron chi connectivity index (χ2n) is 9.69. The van der Waals surface area contributed by atoms with Crippen LogP contribution in [0.2, 0.25) is 0 Å². The van der Waals surface area contributed by atoms with Crippen LogP contribution >= 0.6 is 0 Å². The maximum absolute atomic E-state index is 13.0. The van der Waals surface area contributed by atoms with E-state index >= 15 is 0 Å². The van der Waals surface area contributed by atoms with Crippen LogP contribution < -0.4 is 15.6 Å². The number of nitrogens with one attached hydrogen (secondary N) is 3. The molecule has 8 heteroatoms. The normalized spacial score (nSPS) is 11.0. The van der Waals surface area contributed by atoms with Gasteiger partial charge >= 0.3 is 5.89 Å². The fraction of sp³-hybridized carbons (Fsp3) is 0. The Morgan fingerprint density at radius 3 is 1.86 bits per heavy atom. The first-order chi connectivity index (χ1) is 20.6. The van der Waals surface area contributed by atoms with E-state index in [4.69, 9.17) is 8.83 Å². The molecule has 0 aliphatic carbocycles. The molecule has 0 aliphatic rings. The van der Waals surface area contributed by atoms with Crippen molar-refractivity contribution in [3.05, 3.63) is 132 Å². The van der Waals surface area contributed by atoms with Gasteiger partial charge in [-0.1, -0.05) is 36.4 Å². The van der Waals surface area contributed by atoms with Crippen LogP contribution in [-0.2, 0) is 0 Å². The number of H-pyrrole nitrogens is 1. The molecule has 0 radical (unpaired) electrons. The molecular weight excluding hydrogens is 528 g/mol. The number of para-hydroxylation sites is 4. The Bertz CT molecular complexity index is 1880. The summed E-state index contributed by atoms with van der Waals surface area (Å²) in [5.74, 6) is 0.488. The van der Waals surface area contributed by atoms with Crippen molar-refractivity contribution in [2.24, 2.45) is 0 Å². The second kappa shape index (κ2) is 10.5. The summed E-state index contributed by atoms with van der Waals surface area (Å²) in [7, 11) is 0. The molecule has 0 saturated carbocycles. The van der Waals surface area contributed by atoms with Crippen molar-refractivity contribution < 1.29 is 23.4 Å². The third-order valence-corrected chi connectivity index (χ3v) is 6.80. The Balaban J connectivity index is 1.02. The van der Waals surface area contributed by atoms with Gasteiger partial charge in [-0.3, -0.25) is 9.59 Å². The lowest BCUT2D eigenvalue weighted by Gasteiger charge is -2.09. The number of aromatic nitrogens is 2. The number of fused-ring (bicyclic) bond motifs is 2. The van der Waals surface area contributed by atoms with Crippen molar-refractivity contribution in [2.75, 3.05) is 10.6 Å². The highest BCUT2D eigenvalue weighted by Gasteiger charge is 2.17. The van der Waals surface area contributed by atoms with E-state index in [-0.39, 0.29) is 11.8 Å². The van der Waals surface area contributed by atoms with Crippen molar-refractivity contribution in [2.45, 2.75) is 0 Å². The van der Waals surface area contributed by atoms with E-state index in [2.05, 4.69) is 20.6 Å². The van der Waals surface area contributed by atoms with E-state index in [0.29, 0.717) is 45.4 Å². The second-order valence-corrected chi connectivity index (χ2v) is 9.69. The van der Waals surface area contributed by atoms with Crippen LogP contribution in [-0.4, -0.2) is 16.8 Å². The maximum atomic E-state index is 13.0. The summed E-state index contributed by atoms with van der Waals surface area (Å²) in [5.41, 5.74) is 6.67. The van der Waals surface area contributed by atoms with Gasteiger partial charge in [-0.25, -0.2) is 4.98 Å². The lowest BCUT2D eigenvalue weighted by Crippen LogP contribution is -2.13. The summed E-state index contributed by atoms with van der Waals surface area (Å²) in [4.78, 5) is 33.7. The van der Waals surface area contributed by atoms with Gasteiger partial charge in [0.25, 0.3) is 11.8 Å². The molecule has 0 fully saturated rings. The minimum atomic E-state index is -0.274. The smallest absolute Gasteiger partial charge is 0.379 e. The number of amides is 2. The highest BCUT2D eigenvalue weighted by molar-refractivity contribution is 6.06. The maximum Gasteiger partial charge on any atom is 0.379 e. The van der Waals surface area contributed by atoms with E-state index in [1.807, 2.05) is 66.7 Å². The van der Waals surface area contributed by atoms with Gasteiger partial charge in [-0.2, -0.15) is 4.98 Å². The molecule has 0 unspecified atom stereocenters. The number of carbonyl (C=O) groups excluding carboxylic acids is 2. The van der Waals surface area contributed by atoms with Crippen LogP contribution in [0.1, 0.15) is 20.7 Å². The molecule has 5 aromatic carbocycles. The summed E-state index contributed by atoms with van der Waals surface area (Å²) in [5, 5.41) is 5.80. The molecular formula is C34H23N4O4+. The predicted molar refractivity (Wildman–Crippen MR) is 160 cm³/mol. The van der Waals surface area contributed by atoms with Crippen molar-refractivity contribution in [1.82, 2.24) is 4.98 Å². The molecule has 7 rings (SSSR count). The summed E-state index contributed by atoms with van der Waals surface area (Å²) < 4.78 is 11.7. The van der Waals surface area contributed by atoms with Crippen LogP contribution in [0.3, 0.4) is 0 Å². The molecule has 2 amide bonds. The number of oxazole rings is 2. The zero-order chi connectivity index (χ0) is 28.5. The average Bonchev–Trinajstić information content (AvgIpc) is 3.67. The molecule has 0 bridgehead atoms. The predicted octanol–water partition coefficient (Wildman–Crippen LogP) is 7.23. The first-order valence-corrected chi connectivity index (χ1v) is 13.3. The highest BCUT2D eigenvalue weighted by Crippen LogP contribution is 2.26. The van der Waals surface area contributed by atoms with Gasteiger partial charge in [-0.15, -0.1) is 0 Å². The Kier molecular flexibility index (Phi) is 6.25. The van der Waals surface area contributed by atoms with Gasteiger partial charge < -0.3 is 19.5 Å². The highest BCUT2D eigenvalue weighted by atomic mass is 16.4. The lowest BCUT2D eigenvalue weighted by molar-refractivity contribution is -0.338. The zero-order valence-electron chi connectivity index (χ0n) is 22.1. The lowest BCUT2D eigenvalue weighted by atomic mass is 10.1. The van der Waals surface area contributed by atoms with E-state index < -0.39 is 0 Å². The minimum Gasteiger partial charge on any atom is -0.436 e. The van der Waals surface area contributed by atoms with Gasteiger partial charge in [-0.05, 0) is 78.9 Å². The van der Waals surface area contributed by atoms with Crippen LogP contribution in [0.5, 0.6) is 0 Å². The Morgan fingerprint density at radius 2 is 1.19 bits per heavy atom. The van der Waals surface area contributed by atoms with Crippen molar-refractivity contribution >= 4 is 45.4 Å². The largest absolute Gasteiger partial charge is 0.436 e. The Morgan fingerprint density at radius 1 is 0.595 bits per heavy atom. The fourth-order valence-corrected chi connectivity index (χ4v) is 4.68. The summed E-state index contributed by atoms with van der Waals surface area (Å²) in [6, 6.07) is 36.4. The molecule has 42 heavy (non-hydrogen) atoms. The van der Waals surface area contributed by atoms with Gasteiger partial charge in [0, 0.05) is 34.1 Å². The van der Waals surface area contributed by atoms with Gasteiger partial charge in [0.05, 0.1) is 5.56 Å². The van der Waals surface area contributed by atoms with Crippen molar-refractivity contribution in [3.63, 3.8) is 0 Å². The van der Waals surface area contributed by atoms with E-state index in [9.17, 15) is 9.59 Å². The van der Waals surface area contributed by atoms with Gasteiger partial charge in [0.1, 0.15) is 5.52 Å². The third-order valence-electron chi connectivity index (χ3n) is 6.80. The molecule has 2 aromatic heterocycles. The van der Waals surface area contributed by atoms with Crippen molar-refractivity contribution in [1.29, 1.82) is 0 Å². The fourth-order valence-electron chi connectivity index (χ4n) is 4.68. The van der Waals surface area contributed by atoms with Gasteiger partial charge in [0.15, 0.2) is 5.58 Å². The molecule has 0 atom stereocenters. The first-order valence-electron chi connectivity index (χ1n) is 13.3. The zero-order valence-corrected chi connectivity index (χ0v) is 22.1. The number of aromatic amines is 1. The average molecular weight is 552 g/mol. The van der Waals surface area contributed by atoms with E-state index in [0.717, 1.165) is 22.2 Å². The Labute approximate surface area is 239 Å².